The molecule has 40 heavy (non-hydrogen) atoms. The van der Waals surface area contributed by atoms with Crippen molar-refractivity contribution in [1.82, 2.24) is 10.2 Å². The van der Waals surface area contributed by atoms with E-state index in [0.29, 0.717) is 24.9 Å². The van der Waals surface area contributed by atoms with Crippen LogP contribution in [0.25, 0.3) is 0 Å². The summed E-state index contributed by atoms with van der Waals surface area (Å²) in [5, 5.41) is 12.7. The second-order valence-corrected chi connectivity index (χ2v) is 11.9. The lowest BCUT2D eigenvalue weighted by Crippen LogP contribution is -2.48. The number of amides is 3. The van der Waals surface area contributed by atoms with Crippen LogP contribution < -0.4 is 11.1 Å². The van der Waals surface area contributed by atoms with Crippen LogP contribution >= 0.6 is 0 Å². The Bertz CT molecular complexity index is 1230. The van der Waals surface area contributed by atoms with Crippen LogP contribution in [-0.2, 0) is 14.3 Å². The van der Waals surface area contributed by atoms with E-state index >= 15 is 0 Å². The van der Waals surface area contributed by atoms with E-state index in [1.165, 1.54) is 0 Å². The molecule has 2 aliphatic rings. The van der Waals surface area contributed by atoms with E-state index in [1.54, 1.807) is 29.2 Å². The number of likely N-dealkylation sites (tertiary alicyclic amines) is 1. The second-order valence-electron chi connectivity index (χ2n) is 11.9. The number of ether oxygens (including phenoxy) is 1. The standard InChI is InChI=1S/C31H39N3O6/c1-31(2,3)40-30(39)33-17-19-13-15-21(16-14-19)28(36)34-18-24(22-11-7-8-12-23(22)29(37)38)25(26(34)27(32)35)20-9-5-4-6-10-20/h4-12,19,21,24-26H,13-18H2,1-3H3,(H2,32,35)(H,33,39)(H,37,38)/t19?,21?,24?,25-,26-/m0/s1. The fourth-order valence-corrected chi connectivity index (χ4v) is 6.20. The summed E-state index contributed by atoms with van der Waals surface area (Å²) in [7, 11) is 0. The number of nitrogens with two attached hydrogens (primary N) is 1. The van der Waals surface area contributed by atoms with E-state index < -0.39 is 41.4 Å². The number of carboxylic acid groups (broad SMARTS) is 1. The third-order valence-electron chi connectivity index (χ3n) is 7.98. The molecule has 1 unspecified atom stereocenters. The van der Waals surface area contributed by atoms with Gasteiger partial charge in [0.15, 0.2) is 0 Å². The highest BCUT2D eigenvalue weighted by Gasteiger charge is 2.50. The largest absolute Gasteiger partial charge is 0.478 e. The molecule has 9 nitrogen and oxygen atoms in total. The predicted molar refractivity (Wildman–Crippen MR) is 150 cm³/mol. The molecule has 2 aromatic rings. The lowest BCUT2D eigenvalue weighted by molar-refractivity contribution is -0.142. The first-order valence-electron chi connectivity index (χ1n) is 13.9. The van der Waals surface area contributed by atoms with Gasteiger partial charge in [0, 0.05) is 30.8 Å². The number of hydrogen-bond donors (Lipinski definition) is 3. The number of carbonyl (C=O) groups is 4. The van der Waals surface area contributed by atoms with Crippen molar-refractivity contribution in [3.63, 3.8) is 0 Å². The van der Waals surface area contributed by atoms with E-state index in [9.17, 15) is 24.3 Å². The summed E-state index contributed by atoms with van der Waals surface area (Å²) in [5.41, 5.74) is 6.96. The van der Waals surface area contributed by atoms with Gasteiger partial charge in [0.2, 0.25) is 11.8 Å². The lowest BCUT2D eigenvalue weighted by Gasteiger charge is -2.33. The van der Waals surface area contributed by atoms with E-state index in [0.717, 1.165) is 18.4 Å². The summed E-state index contributed by atoms with van der Waals surface area (Å²) in [5.74, 6) is -2.71. The Kier molecular flexibility index (Phi) is 8.81. The topological polar surface area (TPSA) is 139 Å². The smallest absolute Gasteiger partial charge is 0.407 e. The molecule has 2 aromatic carbocycles. The molecule has 0 spiro atoms. The molecule has 0 radical (unpaired) electrons. The third kappa shape index (κ3) is 6.63. The van der Waals surface area contributed by atoms with Gasteiger partial charge < -0.3 is 25.8 Å². The SMILES string of the molecule is CC(C)(C)OC(=O)NCC1CCC(C(=O)N2CC(c3ccccc3C(=O)O)[C@H](c3ccccc3)[C@H]2C(N)=O)CC1. The zero-order valence-electron chi connectivity index (χ0n) is 23.3. The Labute approximate surface area is 235 Å². The highest BCUT2D eigenvalue weighted by Crippen LogP contribution is 2.46. The van der Waals surface area contributed by atoms with Crippen molar-refractivity contribution in [3.8, 4) is 0 Å². The number of benzene rings is 2. The van der Waals surface area contributed by atoms with Crippen LogP contribution in [0.1, 0.15) is 79.8 Å². The number of alkyl carbamates (subject to hydrolysis) is 1. The van der Waals surface area contributed by atoms with Crippen LogP contribution in [0.2, 0.25) is 0 Å². The third-order valence-corrected chi connectivity index (χ3v) is 7.98. The summed E-state index contributed by atoms with van der Waals surface area (Å²) >= 11 is 0. The molecule has 1 aliphatic carbocycles. The molecule has 3 atom stereocenters. The minimum Gasteiger partial charge on any atom is -0.478 e. The van der Waals surface area contributed by atoms with E-state index in [1.807, 2.05) is 51.1 Å². The van der Waals surface area contributed by atoms with Crippen molar-refractivity contribution < 1.29 is 29.0 Å². The number of nitrogens with one attached hydrogen (secondary N) is 1. The maximum Gasteiger partial charge on any atom is 0.407 e. The lowest BCUT2D eigenvalue weighted by atomic mass is 9.78. The zero-order valence-corrected chi connectivity index (χ0v) is 23.3. The summed E-state index contributed by atoms with van der Waals surface area (Å²) in [6.45, 7) is 6.13. The molecular weight excluding hydrogens is 510 g/mol. The minimum atomic E-state index is -1.05. The van der Waals surface area contributed by atoms with Gasteiger partial charge in [-0.25, -0.2) is 9.59 Å². The first-order valence-corrected chi connectivity index (χ1v) is 13.9. The number of hydrogen-bond acceptors (Lipinski definition) is 5. The fraction of sp³-hybridized carbons (Fsp3) is 0.484. The predicted octanol–water partition coefficient (Wildman–Crippen LogP) is 4.28. The molecule has 1 aliphatic heterocycles. The molecule has 0 aromatic heterocycles. The van der Waals surface area contributed by atoms with E-state index in [-0.39, 0.29) is 29.9 Å². The van der Waals surface area contributed by atoms with Gasteiger partial charge in [-0.05, 0) is 69.6 Å². The summed E-state index contributed by atoms with van der Waals surface area (Å²) in [4.78, 5) is 52.6. The molecule has 1 saturated carbocycles. The molecule has 4 rings (SSSR count). The van der Waals surface area contributed by atoms with Crippen LogP contribution in [0.15, 0.2) is 54.6 Å². The molecule has 4 N–H and O–H groups in total. The van der Waals surface area contributed by atoms with Crippen molar-refractivity contribution in [2.24, 2.45) is 17.6 Å². The molecule has 214 valence electrons. The number of rotatable bonds is 7. The highest BCUT2D eigenvalue weighted by atomic mass is 16.6. The summed E-state index contributed by atoms with van der Waals surface area (Å²) in [6, 6.07) is 15.3. The second kappa shape index (κ2) is 12.1. The average Bonchev–Trinajstić information content (AvgIpc) is 3.32. The quantitative estimate of drug-likeness (QED) is 0.471. The van der Waals surface area contributed by atoms with Crippen molar-refractivity contribution in [1.29, 1.82) is 0 Å². The van der Waals surface area contributed by atoms with Crippen LogP contribution in [0.5, 0.6) is 0 Å². The van der Waals surface area contributed by atoms with Gasteiger partial charge in [-0.2, -0.15) is 0 Å². The fourth-order valence-electron chi connectivity index (χ4n) is 6.20. The number of carbonyl (C=O) groups excluding carboxylic acids is 3. The van der Waals surface area contributed by atoms with Crippen LogP contribution in [0.4, 0.5) is 4.79 Å². The molecule has 1 heterocycles. The number of carboxylic acids is 1. The van der Waals surface area contributed by atoms with E-state index in [2.05, 4.69) is 5.32 Å². The van der Waals surface area contributed by atoms with Crippen LogP contribution in [0, 0.1) is 11.8 Å². The van der Waals surface area contributed by atoms with Crippen molar-refractivity contribution >= 4 is 23.9 Å². The first-order chi connectivity index (χ1) is 19.0. The van der Waals surface area contributed by atoms with Crippen molar-refractivity contribution in [2.45, 2.75) is 69.9 Å². The zero-order chi connectivity index (χ0) is 29.0. The van der Waals surface area contributed by atoms with Crippen molar-refractivity contribution in [2.75, 3.05) is 13.1 Å². The average molecular weight is 550 g/mol. The van der Waals surface area contributed by atoms with Crippen LogP contribution in [0.3, 0.4) is 0 Å². The van der Waals surface area contributed by atoms with Gasteiger partial charge in [0.1, 0.15) is 11.6 Å². The Morgan fingerprint density at radius 1 is 0.975 bits per heavy atom. The van der Waals surface area contributed by atoms with Gasteiger partial charge in [-0.3, -0.25) is 9.59 Å². The van der Waals surface area contributed by atoms with E-state index in [4.69, 9.17) is 10.5 Å². The molecule has 3 amide bonds. The molecule has 0 bridgehead atoms. The van der Waals surface area contributed by atoms with Gasteiger partial charge in [-0.1, -0.05) is 48.5 Å². The maximum atomic E-state index is 13.9. The Morgan fingerprint density at radius 2 is 1.60 bits per heavy atom. The maximum absolute atomic E-state index is 13.9. The normalized spacial score (nSPS) is 24.8. The number of nitrogens with zero attached hydrogens (tertiary/aromatic N) is 1. The highest BCUT2D eigenvalue weighted by molar-refractivity contribution is 5.92. The van der Waals surface area contributed by atoms with Gasteiger partial charge >= 0.3 is 12.1 Å². The first kappa shape index (κ1) is 29.1. The summed E-state index contributed by atoms with van der Waals surface area (Å²) < 4.78 is 5.31. The van der Waals surface area contributed by atoms with Crippen molar-refractivity contribution in [3.05, 3.63) is 71.3 Å². The Balaban J connectivity index is 1.53. The van der Waals surface area contributed by atoms with Gasteiger partial charge in [0.05, 0.1) is 5.56 Å². The van der Waals surface area contributed by atoms with Crippen LogP contribution in [-0.4, -0.2) is 58.6 Å². The number of aromatic carboxylic acids is 1. The Morgan fingerprint density at radius 3 is 2.20 bits per heavy atom. The molecular formula is C31H39N3O6. The van der Waals surface area contributed by atoms with Gasteiger partial charge in [0.25, 0.3) is 0 Å². The Hall–Kier alpha value is -3.88. The molecule has 9 heteroatoms. The molecule has 2 fully saturated rings. The summed E-state index contributed by atoms with van der Waals surface area (Å²) in [6.07, 6.45) is 2.33. The number of primary amides is 1. The monoisotopic (exact) mass is 549 g/mol. The minimum absolute atomic E-state index is 0.126. The molecule has 1 saturated heterocycles. The van der Waals surface area contributed by atoms with Gasteiger partial charge in [-0.15, -0.1) is 0 Å².